The van der Waals surface area contributed by atoms with Crippen molar-refractivity contribution in [2.45, 2.75) is 0 Å². The van der Waals surface area contributed by atoms with Crippen LogP contribution in [0.15, 0.2) is 78.9 Å². The van der Waals surface area contributed by atoms with Gasteiger partial charge in [-0.15, -0.1) is 0 Å². The Morgan fingerprint density at radius 2 is 1.61 bits per heavy atom. The van der Waals surface area contributed by atoms with Crippen LogP contribution in [-0.2, 0) is 0 Å². The second-order valence-electron chi connectivity index (χ2n) is 5.77. The molecule has 3 aromatic rings. The third kappa shape index (κ3) is 5.07. The van der Waals surface area contributed by atoms with Crippen LogP contribution in [0.3, 0.4) is 0 Å². The molecular formula is C21H18N2O5. The van der Waals surface area contributed by atoms with Crippen molar-refractivity contribution < 1.29 is 19.2 Å². The highest BCUT2D eigenvalue weighted by molar-refractivity contribution is 6.05. The lowest BCUT2D eigenvalue weighted by Gasteiger charge is -2.13. The molecule has 0 saturated heterocycles. The first-order valence-corrected chi connectivity index (χ1v) is 8.59. The molecule has 0 aromatic heterocycles. The zero-order valence-electron chi connectivity index (χ0n) is 14.9. The van der Waals surface area contributed by atoms with Crippen molar-refractivity contribution in [2.24, 2.45) is 0 Å². The fourth-order valence-electron chi connectivity index (χ4n) is 2.48. The topological polar surface area (TPSA) is 90.7 Å². The molecule has 142 valence electrons. The predicted octanol–water partition coefficient (Wildman–Crippen LogP) is 4.30. The average molecular weight is 378 g/mol. The van der Waals surface area contributed by atoms with E-state index in [9.17, 15) is 14.9 Å². The lowest BCUT2D eigenvalue weighted by molar-refractivity contribution is -0.384. The number of benzene rings is 3. The van der Waals surface area contributed by atoms with E-state index in [1.54, 1.807) is 24.3 Å². The first-order chi connectivity index (χ1) is 13.6. The molecule has 1 amide bonds. The first-order valence-electron chi connectivity index (χ1n) is 8.59. The molecule has 0 radical (unpaired) electrons. The number of nitrogens with zero attached hydrogens (tertiary/aromatic N) is 1. The number of nitrogens with one attached hydrogen (secondary N) is 1. The first kappa shape index (κ1) is 18.9. The zero-order valence-corrected chi connectivity index (χ0v) is 14.9. The van der Waals surface area contributed by atoms with Gasteiger partial charge in [-0.1, -0.05) is 36.4 Å². The summed E-state index contributed by atoms with van der Waals surface area (Å²) in [6, 6.07) is 21.9. The lowest BCUT2D eigenvalue weighted by Crippen LogP contribution is -2.14. The fraction of sp³-hybridized carbons (Fsp3) is 0.0952. The van der Waals surface area contributed by atoms with E-state index in [1.165, 1.54) is 24.3 Å². The van der Waals surface area contributed by atoms with Gasteiger partial charge in [0.2, 0.25) is 0 Å². The molecular weight excluding hydrogens is 360 g/mol. The Bertz CT molecular complexity index is 960. The highest BCUT2D eigenvalue weighted by atomic mass is 16.6. The molecule has 0 unspecified atom stereocenters. The molecule has 7 heteroatoms. The zero-order chi connectivity index (χ0) is 19.8. The van der Waals surface area contributed by atoms with Crippen molar-refractivity contribution in [3.8, 4) is 11.5 Å². The van der Waals surface area contributed by atoms with Gasteiger partial charge in [0, 0.05) is 17.7 Å². The minimum atomic E-state index is -0.541. The highest BCUT2D eigenvalue weighted by Crippen LogP contribution is 2.25. The summed E-state index contributed by atoms with van der Waals surface area (Å²) in [6.07, 6.45) is 0. The Hall–Kier alpha value is -3.87. The maximum Gasteiger partial charge on any atom is 0.270 e. The summed E-state index contributed by atoms with van der Waals surface area (Å²) < 4.78 is 11.3. The van der Waals surface area contributed by atoms with Gasteiger partial charge in [0.1, 0.15) is 24.7 Å². The molecule has 0 aliphatic carbocycles. The minimum absolute atomic E-state index is 0.143. The van der Waals surface area contributed by atoms with Crippen molar-refractivity contribution in [2.75, 3.05) is 18.5 Å². The van der Waals surface area contributed by atoms with E-state index >= 15 is 0 Å². The number of carbonyl (C=O) groups excluding carboxylic acids is 1. The maximum absolute atomic E-state index is 12.4. The number of amides is 1. The number of nitro benzene ring substituents is 1. The normalized spacial score (nSPS) is 10.1. The van der Waals surface area contributed by atoms with E-state index in [4.69, 9.17) is 9.47 Å². The molecule has 0 bridgehead atoms. The Labute approximate surface area is 161 Å². The SMILES string of the molecule is O=C(Nc1ccccc1OCCOc1ccccc1)c1cccc([N+](=O)[O-])c1. The van der Waals surface area contributed by atoms with Gasteiger partial charge in [-0.05, 0) is 30.3 Å². The third-order valence-corrected chi connectivity index (χ3v) is 3.81. The largest absolute Gasteiger partial charge is 0.490 e. The molecule has 7 nitrogen and oxygen atoms in total. The Kier molecular flexibility index (Phi) is 6.20. The minimum Gasteiger partial charge on any atom is -0.490 e. The summed E-state index contributed by atoms with van der Waals surface area (Å²) in [5.41, 5.74) is 0.519. The van der Waals surface area contributed by atoms with Crippen LogP contribution in [0, 0.1) is 10.1 Å². The third-order valence-electron chi connectivity index (χ3n) is 3.81. The second-order valence-corrected chi connectivity index (χ2v) is 5.77. The van der Waals surface area contributed by atoms with Crippen LogP contribution in [0.2, 0.25) is 0 Å². The molecule has 0 heterocycles. The van der Waals surface area contributed by atoms with E-state index in [0.29, 0.717) is 24.7 Å². The Morgan fingerprint density at radius 1 is 0.893 bits per heavy atom. The Morgan fingerprint density at radius 3 is 2.39 bits per heavy atom. The van der Waals surface area contributed by atoms with E-state index in [2.05, 4.69) is 5.32 Å². The molecule has 0 saturated carbocycles. The predicted molar refractivity (Wildman–Crippen MR) is 105 cm³/mol. The summed E-state index contributed by atoms with van der Waals surface area (Å²) in [6.45, 7) is 0.635. The van der Waals surface area contributed by atoms with Gasteiger partial charge >= 0.3 is 0 Å². The van der Waals surface area contributed by atoms with Crippen LogP contribution >= 0.6 is 0 Å². The van der Waals surface area contributed by atoms with E-state index in [-0.39, 0.29) is 11.3 Å². The van der Waals surface area contributed by atoms with Crippen LogP contribution in [-0.4, -0.2) is 24.0 Å². The van der Waals surface area contributed by atoms with Gasteiger partial charge in [0.05, 0.1) is 10.6 Å². The summed E-state index contributed by atoms with van der Waals surface area (Å²) >= 11 is 0. The monoisotopic (exact) mass is 378 g/mol. The summed E-state index contributed by atoms with van der Waals surface area (Å²) in [4.78, 5) is 22.8. The van der Waals surface area contributed by atoms with Gasteiger partial charge in [-0.2, -0.15) is 0 Å². The molecule has 0 fully saturated rings. The average Bonchev–Trinajstić information content (AvgIpc) is 2.73. The van der Waals surface area contributed by atoms with E-state index in [0.717, 1.165) is 5.75 Å². The van der Waals surface area contributed by atoms with Crippen molar-refractivity contribution in [1.82, 2.24) is 0 Å². The van der Waals surface area contributed by atoms with Crippen LogP contribution in [0.1, 0.15) is 10.4 Å². The molecule has 0 atom stereocenters. The van der Waals surface area contributed by atoms with Crippen LogP contribution in [0.5, 0.6) is 11.5 Å². The highest BCUT2D eigenvalue weighted by Gasteiger charge is 2.13. The smallest absolute Gasteiger partial charge is 0.270 e. The van der Waals surface area contributed by atoms with Gasteiger partial charge in [-0.3, -0.25) is 14.9 Å². The number of carbonyl (C=O) groups is 1. The molecule has 3 aromatic carbocycles. The summed E-state index contributed by atoms with van der Waals surface area (Å²) in [5.74, 6) is 0.775. The maximum atomic E-state index is 12.4. The molecule has 0 spiro atoms. The number of rotatable bonds is 8. The molecule has 0 aliphatic heterocycles. The molecule has 28 heavy (non-hydrogen) atoms. The van der Waals surface area contributed by atoms with Crippen LogP contribution in [0.25, 0.3) is 0 Å². The number of ether oxygens (including phenoxy) is 2. The number of para-hydroxylation sites is 3. The number of hydrogen-bond acceptors (Lipinski definition) is 5. The lowest BCUT2D eigenvalue weighted by atomic mass is 10.2. The molecule has 3 rings (SSSR count). The number of nitro groups is 1. The molecule has 0 aliphatic rings. The van der Waals surface area contributed by atoms with Crippen LogP contribution in [0.4, 0.5) is 11.4 Å². The second kappa shape index (κ2) is 9.18. The van der Waals surface area contributed by atoms with Gasteiger partial charge < -0.3 is 14.8 Å². The Balaban J connectivity index is 1.61. The van der Waals surface area contributed by atoms with Gasteiger partial charge in [0.25, 0.3) is 11.6 Å². The summed E-state index contributed by atoms with van der Waals surface area (Å²) in [7, 11) is 0. The number of anilines is 1. The standard InChI is InChI=1S/C21H18N2O5/c24-21(16-7-6-8-17(15-16)23(25)26)22-19-11-4-5-12-20(19)28-14-13-27-18-9-2-1-3-10-18/h1-12,15H,13-14H2,(H,22,24). The number of non-ortho nitro benzene ring substituents is 1. The quantitative estimate of drug-likeness (QED) is 0.358. The van der Waals surface area contributed by atoms with E-state index < -0.39 is 10.8 Å². The fourth-order valence-corrected chi connectivity index (χ4v) is 2.48. The van der Waals surface area contributed by atoms with Crippen LogP contribution < -0.4 is 14.8 Å². The van der Waals surface area contributed by atoms with E-state index in [1.807, 2.05) is 30.3 Å². The number of hydrogen-bond donors (Lipinski definition) is 1. The van der Waals surface area contributed by atoms with Crippen molar-refractivity contribution in [3.63, 3.8) is 0 Å². The van der Waals surface area contributed by atoms with Crippen molar-refractivity contribution in [1.29, 1.82) is 0 Å². The van der Waals surface area contributed by atoms with Crippen molar-refractivity contribution in [3.05, 3.63) is 94.5 Å². The summed E-state index contributed by atoms with van der Waals surface area (Å²) in [5, 5.41) is 13.6. The van der Waals surface area contributed by atoms with Crippen molar-refractivity contribution >= 4 is 17.3 Å². The molecule has 1 N–H and O–H groups in total. The van der Waals surface area contributed by atoms with Gasteiger partial charge in [-0.25, -0.2) is 0 Å². The van der Waals surface area contributed by atoms with Gasteiger partial charge in [0.15, 0.2) is 0 Å².